The van der Waals surface area contributed by atoms with Gasteiger partial charge in [-0.2, -0.15) is 13.2 Å². The van der Waals surface area contributed by atoms with Crippen LogP contribution in [0.25, 0.3) is 27.2 Å². The average molecular weight is 539 g/mol. The second-order valence-electron chi connectivity index (χ2n) is 8.40. The molecule has 0 radical (unpaired) electrons. The minimum absolute atomic E-state index is 0.0408. The summed E-state index contributed by atoms with van der Waals surface area (Å²) in [6.45, 7) is 1.50. The van der Waals surface area contributed by atoms with Gasteiger partial charge in [-0.3, -0.25) is 4.57 Å². The number of nitrogen functional groups attached to an aromatic ring is 1. The van der Waals surface area contributed by atoms with Crippen molar-refractivity contribution in [2.75, 3.05) is 12.8 Å². The van der Waals surface area contributed by atoms with Crippen LogP contribution < -0.4 is 10.5 Å². The quantitative estimate of drug-likeness (QED) is 0.243. The van der Waals surface area contributed by atoms with E-state index in [2.05, 4.69) is 9.97 Å². The SMILES string of the molecule is COC(=O)c1sc(-n2cnc3cc(-c4ccnc(N)c4)ccc32)cc1O[C@H](C)c1ccccc1C(F)(F)F. The van der Waals surface area contributed by atoms with Crippen LogP contribution >= 0.6 is 11.3 Å². The summed E-state index contributed by atoms with van der Waals surface area (Å²) in [7, 11) is 1.23. The summed E-state index contributed by atoms with van der Waals surface area (Å²) in [6.07, 6.45) is -2.30. The number of anilines is 1. The molecule has 194 valence electrons. The zero-order valence-corrected chi connectivity index (χ0v) is 21.0. The summed E-state index contributed by atoms with van der Waals surface area (Å²) in [6, 6.07) is 16.1. The molecule has 0 unspecified atom stereocenters. The minimum atomic E-state index is -4.55. The van der Waals surface area contributed by atoms with Crippen molar-refractivity contribution in [1.82, 2.24) is 14.5 Å². The monoisotopic (exact) mass is 538 g/mol. The Labute approximate surface area is 219 Å². The molecule has 3 heterocycles. The first kappa shape index (κ1) is 25.3. The molecule has 5 rings (SSSR count). The number of hydrogen-bond acceptors (Lipinski definition) is 7. The minimum Gasteiger partial charge on any atom is -0.484 e. The van der Waals surface area contributed by atoms with E-state index in [4.69, 9.17) is 15.2 Å². The fraction of sp³-hybridized carbons (Fsp3) is 0.148. The Kier molecular flexibility index (Phi) is 6.53. The molecule has 0 aliphatic carbocycles. The van der Waals surface area contributed by atoms with E-state index in [1.165, 1.54) is 32.2 Å². The number of halogens is 3. The number of ether oxygens (including phenoxy) is 2. The van der Waals surface area contributed by atoms with Gasteiger partial charge in [0.15, 0.2) is 4.88 Å². The summed E-state index contributed by atoms with van der Waals surface area (Å²) < 4.78 is 53.3. The molecule has 0 saturated carbocycles. The van der Waals surface area contributed by atoms with Gasteiger partial charge in [0.2, 0.25) is 0 Å². The van der Waals surface area contributed by atoms with Crippen LogP contribution in [-0.4, -0.2) is 27.6 Å². The lowest BCUT2D eigenvalue weighted by atomic mass is 10.0. The highest BCUT2D eigenvalue weighted by Gasteiger charge is 2.35. The molecule has 0 aliphatic rings. The van der Waals surface area contributed by atoms with Crippen molar-refractivity contribution < 1.29 is 27.4 Å². The van der Waals surface area contributed by atoms with Crippen molar-refractivity contribution in [2.24, 2.45) is 0 Å². The number of fused-ring (bicyclic) bond motifs is 1. The number of esters is 1. The van der Waals surface area contributed by atoms with E-state index < -0.39 is 23.8 Å². The van der Waals surface area contributed by atoms with E-state index in [1.807, 2.05) is 24.3 Å². The number of carbonyl (C=O) groups excluding carboxylic acids is 1. The van der Waals surface area contributed by atoms with Crippen LogP contribution in [0.1, 0.15) is 33.8 Å². The highest BCUT2D eigenvalue weighted by Crippen LogP contribution is 2.40. The Bertz CT molecular complexity index is 1640. The molecule has 0 saturated heterocycles. The lowest BCUT2D eigenvalue weighted by Gasteiger charge is -2.19. The molecule has 2 N–H and O–H groups in total. The van der Waals surface area contributed by atoms with E-state index in [9.17, 15) is 18.0 Å². The predicted octanol–water partition coefficient (Wildman–Crippen LogP) is 6.68. The first-order chi connectivity index (χ1) is 18.2. The third-order valence-electron chi connectivity index (χ3n) is 5.96. The van der Waals surface area contributed by atoms with Gasteiger partial charge in [-0.25, -0.2) is 14.8 Å². The molecule has 1 atom stereocenters. The Morgan fingerprint density at radius 1 is 1.05 bits per heavy atom. The average Bonchev–Trinajstić information content (AvgIpc) is 3.51. The van der Waals surface area contributed by atoms with Crippen molar-refractivity contribution in [2.45, 2.75) is 19.2 Å². The van der Waals surface area contributed by atoms with Gasteiger partial charge in [0.25, 0.3) is 0 Å². The first-order valence-electron chi connectivity index (χ1n) is 11.4. The number of nitrogens with two attached hydrogens (primary N) is 1. The van der Waals surface area contributed by atoms with Crippen molar-refractivity contribution >= 4 is 34.2 Å². The Morgan fingerprint density at radius 3 is 2.55 bits per heavy atom. The van der Waals surface area contributed by atoms with E-state index in [0.717, 1.165) is 34.0 Å². The lowest BCUT2D eigenvalue weighted by molar-refractivity contribution is -0.139. The second kappa shape index (κ2) is 9.82. The standard InChI is InChI=1S/C27H21F3N4O3S/c1-15(18-5-3-4-6-19(18)27(28,29)30)37-22-13-24(38-25(22)26(35)36-2)34-14-33-20-11-16(7-8-21(20)34)17-9-10-32-23(31)12-17/h3-15H,1-2H3,(H2,31,32)/t15-/m1/s1. The molecule has 0 spiro atoms. The number of benzene rings is 2. The maximum atomic E-state index is 13.6. The predicted molar refractivity (Wildman–Crippen MR) is 138 cm³/mol. The second-order valence-corrected chi connectivity index (χ2v) is 9.43. The van der Waals surface area contributed by atoms with Gasteiger partial charge >= 0.3 is 12.1 Å². The maximum Gasteiger partial charge on any atom is 0.416 e. The molecule has 0 amide bonds. The Balaban J connectivity index is 1.52. The number of rotatable bonds is 6. The van der Waals surface area contributed by atoms with Crippen LogP contribution in [0.4, 0.5) is 19.0 Å². The molecular weight excluding hydrogens is 517 g/mol. The van der Waals surface area contributed by atoms with Crippen LogP contribution in [0.2, 0.25) is 0 Å². The zero-order valence-electron chi connectivity index (χ0n) is 20.2. The largest absolute Gasteiger partial charge is 0.484 e. The molecule has 2 aromatic carbocycles. The topological polar surface area (TPSA) is 92.3 Å². The summed E-state index contributed by atoms with van der Waals surface area (Å²) in [5.74, 6) is -0.136. The highest BCUT2D eigenvalue weighted by atomic mass is 32.1. The molecular formula is C27H21F3N4O3S. The summed E-state index contributed by atoms with van der Waals surface area (Å²) in [5, 5.41) is 0.583. The van der Waals surface area contributed by atoms with Crippen LogP contribution in [0.15, 0.2) is 73.2 Å². The van der Waals surface area contributed by atoms with Crippen molar-refractivity contribution in [1.29, 1.82) is 0 Å². The maximum absolute atomic E-state index is 13.6. The third kappa shape index (κ3) is 4.80. The normalized spacial score (nSPS) is 12.4. The van der Waals surface area contributed by atoms with Gasteiger partial charge in [0.05, 0.1) is 23.7 Å². The third-order valence-corrected chi connectivity index (χ3v) is 7.06. The summed E-state index contributed by atoms with van der Waals surface area (Å²) in [5.41, 5.74) is 8.22. The van der Waals surface area contributed by atoms with Gasteiger partial charge in [-0.1, -0.05) is 24.3 Å². The van der Waals surface area contributed by atoms with Crippen molar-refractivity contribution in [3.05, 3.63) is 89.2 Å². The molecule has 0 fully saturated rings. The van der Waals surface area contributed by atoms with Crippen molar-refractivity contribution in [3.8, 4) is 21.9 Å². The number of hydrogen-bond donors (Lipinski definition) is 1. The molecule has 5 aromatic rings. The zero-order chi connectivity index (χ0) is 27.0. The summed E-state index contributed by atoms with van der Waals surface area (Å²) >= 11 is 1.09. The van der Waals surface area contributed by atoms with Gasteiger partial charge in [-0.15, -0.1) is 11.3 Å². The molecule has 0 aliphatic heterocycles. The number of alkyl halides is 3. The van der Waals surface area contributed by atoms with E-state index in [0.29, 0.717) is 16.3 Å². The van der Waals surface area contributed by atoms with Crippen LogP contribution in [0, 0.1) is 0 Å². The van der Waals surface area contributed by atoms with E-state index in [1.54, 1.807) is 29.2 Å². The number of imidazole rings is 1. The smallest absolute Gasteiger partial charge is 0.416 e. The number of carbonyl (C=O) groups is 1. The molecule has 3 aromatic heterocycles. The number of pyridine rings is 1. The fourth-order valence-corrected chi connectivity index (χ4v) is 5.16. The van der Waals surface area contributed by atoms with Gasteiger partial charge in [0, 0.05) is 17.8 Å². The number of methoxy groups -OCH3 is 1. The van der Waals surface area contributed by atoms with Gasteiger partial charge in [-0.05, 0) is 48.4 Å². The highest BCUT2D eigenvalue weighted by molar-refractivity contribution is 7.16. The number of aromatic nitrogens is 3. The molecule has 38 heavy (non-hydrogen) atoms. The molecule has 11 heteroatoms. The summed E-state index contributed by atoms with van der Waals surface area (Å²) in [4.78, 5) is 21.2. The molecule has 7 nitrogen and oxygen atoms in total. The fourth-order valence-electron chi connectivity index (χ4n) is 4.16. The van der Waals surface area contributed by atoms with Crippen LogP contribution in [0.5, 0.6) is 5.75 Å². The van der Waals surface area contributed by atoms with Gasteiger partial charge in [0.1, 0.15) is 29.0 Å². The van der Waals surface area contributed by atoms with E-state index >= 15 is 0 Å². The van der Waals surface area contributed by atoms with E-state index in [-0.39, 0.29) is 16.2 Å². The lowest BCUT2D eigenvalue weighted by Crippen LogP contribution is -2.14. The first-order valence-corrected chi connectivity index (χ1v) is 12.2. The Morgan fingerprint density at radius 2 is 1.82 bits per heavy atom. The van der Waals surface area contributed by atoms with Crippen molar-refractivity contribution in [3.63, 3.8) is 0 Å². The van der Waals surface area contributed by atoms with Gasteiger partial charge < -0.3 is 15.2 Å². The number of thiophene rings is 1. The number of nitrogens with zero attached hydrogens (tertiary/aromatic N) is 3. The van der Waals surface area contributed by atoms with Crippen LogP contribution in [0.3, 0.4) is 0 Å². The van der Waals surface area contributed by atoms with Crippen LogP contribution in [-0.2, 0) is 10.9 Å². The molecule has 0 bridgehead atoms. The Hall–Kier alpha value is -4.38.